The van der Waals surface area contributed by atoms with E-state index < -0.39 is 0 Å². The quantitative estimate of drug-likeness (QED) is 0.668. The molecule has 0 unspecified atom stereocenters. The summed E-state index contributed by atoms with van der Waals surface area (Å²) in [6.45, 7) is 7.46. The second-order valence-corrected chi connectivity index (χ2v) is 5.32. The number of benzene rings is 2. The minimum absolute atomic E-state index is 1.23. The lowest BCUT2D eigenvalue weighted by Gasteiger charge is -2.03. The molecule has 2 rings (SSSR count). The van der Waals surface area contributed by atoms with Gasteiger partial charge in [0.25, 0.3) is 0 Å². The average Bonchev–Trinajstić information content (AvgIpc) is 2.29. The summed E-state index contributed by atoms with van der Waals surface area (Å²) in [6, 6.07) is 12.9. The molecule has 0 saturated heterocycles. The molecule has 2 aromatic rings. The summed E-state index contributed by atoms with van der Waals surface area (Å²) in [5.41, 5.74) is 0. The van der Waals surface area contributed by atoms with Crippen LogP contribution in [0.2, 0.25) is 0 Å². The molecule has 0 spiro atoms. The minimum atomic E-state index is 1.23. The Morgan fingerprint density at radius 1 is 0.750 bits per heavy atom. The molecule has 0 N–H and O–H groups in total. The van der Waals surface area contributed by atoms with Gasteiger partial charge in [-0.15, -0.1) is 0 Å². The van der Waals surface area contributed by atoms with Gasteiger partial charge in [-0.3, -0.25) is 0 Å². The van der Waals surface area contributed by atoms with Gasteiger partial charge in [0.1, 0.15) is 0 Å². The maximum Gasteiger partial charge on any atom is 0.0122 e. The van der Waals surface area contributed by atoms with Crippen LogP contribution in [-0.2, 0) is 0 Å². The van der Waals surface area contributed by atoms with Gasteiger partial charge < -0.3 is 0 Å². The summed E-state index contributed by atoms with van der Waals surface area (Å²) < 4.78 is 0. The van der Waals surface area contributed by atoms with Gasteiger partial charge in [0.15, 0.2) is 0 Å². The smallest absolute Gasteiger partial charge is 0.0122 e. The largest absolute Gasteiger partial charge is 0.0987 e. The Morgan fingerprint density at radius 3 is 1.69 bits per heavy atom. The van der Waals surface area contributed by atoms with Crippen LogP contribution < -0.4 is 0 Å². The van der Waals surface area contributed by atoms with Crippen LogP contribution in [0.1, 0.15) is 0 Å². The molecule has 0 radical (unpaired) electrons. The van der Waals surface area contributed by atoms with Crippen LogP contribution >= 0.6 is 23.5 Å². The van der Waals surface area contributed by atoms with E-state index in [2.05, 4.69) is 49.6 Å². The summed E-state index contributed by atoms with van der Waals surface area (Å²) in [4.78, 5) is 2.45. The van der Waals surface area contributed by atoms with Gasteiger partial charge >= 0.3 is 0 Å². The molecule has 80 valence electrons. The Bertz CT molecular complexity index is 484. The molecule has 0 amide bonds. The Labute approximate surface area is 104 Å². The first-order valence-corrected chi connectivity index (χ1v) is 6.68. The van der Waals surface area contributed by atoms with Crippen molar-refractivity contribution in [1.29, 1.82) is 0 Å². The third-order valence-electron chi connectivity index (χ3n) is 2.22. The van der Waals surface area contributed by atoms with Gasteiger partial charge in [0, 0.05) is 9.79 Å². The van der Waals surface area contributed by atoms with Crippen molar-refractivity contribution in [2.45, 2.75) is 9.79 Å². The van der Waals surface area contributed by atoms with Gasteiger partial charge in [-0.05, 0) is 45.9 Å². The molecule has 2 heteroatoms. The van der Waals surface area contributed by atoms with Crippen molar-refractivity contribution >= 4 is 34.3 Å². The molecule has 16 heavy (non-hydrogen) atoms. The van der Waals surface area contributed by atoms with Crippen LogP contribution in [0.15, 0.2) is 70.2 Å². The molecule has 0 aliphatic carbocycles. The molecule has 0 aliphatic rings. The van der Waals surface area contributed by atoms with Crippen LogP contribution in [0.3, 0.4) is 0 Å². The van der Waals surface area contributed by atoms with Gasteiger partial charge in [-0.2, -0.15) is 0 Å². The average molecular weight is 244 g/mol. The lowest BCUT2D eigenvalue weighted by atomic mass is 10.1. The summed E-state index contributed by atoms with van der Waals surface area (Å²) in [7, 11) is 0. The molecular weight excluding hydrogens is 232 g/mol. The highest BCUT2D eigenvalue weighted by Gasteiger charge is 1.98. The third-order valence-corrected chi connectivity index (χ3v) is 3.61. The predicted molar refractivity (Wildman–Crippen MR) is 76.1 cm³/mol. The highest BCUT2D eigenvalue weighted by molar-refractivity contribution is 8.02. The normalized spacial score (nSPS) is 10.2. The molecule has 2 aromatic carbocycles. The van der Waals surface area contributed by atoms with E-state index in [9.17, 15) is 0 Å². The Morgan fingerprint density at radius 2 is 1.25 bits per heavy atom. The van der Waals surface area contributed by atoms with Crippen LogP contribution in [0.4, 0.5) is 0 Å². The Balaban J connectivity index is 2.47. The number of thioether (sulfide) groups is 2. The van der Waals surface area contributed by atoms with Gasteiger partial charge in [-0.25, -0.2) is 0 Å². The van der Waals surface area contributed by atoms with E-state index in [0.717, 1.165) is 0 Å². The summed E-state index contributed by atoms with van der Waals surface area (Å²) in [6.07, 6.45) is 0. The fourth-order valence-electron chi connectivity index (χ4n) is 1.54. The van der Waals surface area contributed by atoms with Crippen molar-refractivity contribution in [2.75, 3.05) is 0 Å². The molecule has 0 aliphatic heterocycles. The zero-order valence-corrected chi connectivity index (χ0v) is 10.5. The molecule has 0 heterocycles. The lowest BCUT2D eigenvalue weighted by Crippen LogP contribution is -1.75. The Kier molecular flexibility index (Phi) is 3.75. The molecular formula is C14H12S2. The maximum atomic E-state index is 3.73. The van der Waals surface area contributed by atoms with E-state index in [4.69, 9.17) is 0 Å². The number of hydrogen-bond donors (Lipinski definition) is 0. The van der Waals surface area contributed by atoms with E-state index in [1.807, 2.05) is 10.8 Å². The van der Waals surface area contributed by atoms with E-state index in [1.54, 1.807) is 23.5 Å². The van der Waals surface area contributed by atoms with Crippen LogP contribution in [0, 0.1) is 0 Å². The second kappa shape index (κ2) is 5.28. The van der Waals surface area contributed by atoms with Gasteiger partial charge in [0.05, 0.1) is 0 Å². The lowest BCUT2D eigenvalue weighted by molar-refractivity contribution is 1.47. The van der Waals surface area contributed by atoms with Crippen LogP contribution in [-0.4, -0.2) is 0 Å². The Hall–Kier alpha value is -1.12. The number of rotatable bonds is 4. The zero-order valence-electron chi connectivity index (χ0n) is 8.85. The van der Waals surface area contributed by atoms with Gasteiger partial charge in [0.2, 0.25) is 0 Å². The molecule has 0 saturated carbocycles. The fourth-order valence-corrected chi connectivity index (χ4v) is 2.61. The first-order chi connectivity index (χ1) is 7.83. The molecule has 0 nitrogen and oxygen atoms in total. The maximum absolute atomic E-state index is 3.73. The van der Waals surface area contributed by atoms with Crippen molar-refractivity contribution in [3.63, 3.8) is 0 Å². The van der Waals surface area contributed by atoms with Crippen molar-refractivity contribution in [1.82, 2.24) is 0 Å². The van der Waals surface area contributed by atoms with E-state index >= 15 is 0 Å². The van der Waals surface area contributed by atoms with Gasteiger partial charge in [-0.1, -0.05) is 48.8 Å². The van der Waals surface area contributed by atoms with E-state index in [-0.39, 0.29) is 0 Å². The summed E-state index contributed by atoms with van der Waals surface area (Å²) in [5.74, 6) is 0. The van der Waals surface area contributed by atoms with Crippen LogP contribution in [0.25, 0.3) is 10.8 Å². The summed E-state index contributed by atoms with van der Waals surface area (Å²) >= 11 is 3.29. The topological polar surface area (TPSA) is 0 Å². The third kappa shape index (κ3) is 2.52. The zero-order chi connectivity index (χ0) is 11.4. The highest BCUT2D eigenvalue weighted by Crippen LogP contribution is 2.28. The predicted octanol–water partition coefficient (Wildman–Crippen LogP) is 5.31. The highest BCUT2D eigenvalue weighted by atomic mass is 32.2. The van der Waals surface area contributed by atoms with E-state index in [1.165, 1.54) is 20.6 Å². The van der Waals surface area contributed by atoms with E-state index in [0.29, 0.717) is 0 Å². The molecule has 0 bridgehead atoms. The first-order valence-electron chi connectivity index (χ1n) is 4.92. The van der Waals surface area contributed by atoms with Crippen molar-refractivity contribution in [3.05, 3.63) is 60.4 Å². The van der Waals surface area contributed by atoms with Crippen LogP contribution in [0.5, 0.6) is 0 Å². The number of hydrogen-bond acceptors (Lipinski definition) is 2. The van der Waals surface area contributed by atoms with Crippen molar-refractivity contribution in [2.24, 2.45) is 0 Å². The van der Waals surface area contributed by atoms with Crippen molar-refractivity contribution < 1.29 is 0 Å². The standard InChI is InChI=1S/C14H12S2/c1-3-15-13-7-5-11-6-8-14(16-4-2)10-12(11)9-13/h3-10H,1-2H2. The first kappa shape index (κ1) is 11.4. The fraction of sp³-hybridized carbons (Fsp3) is 0. The molecule has 0 aromatic heterocycles. The minimum Gasteiger partial charge on any atom is -0.0987 e. The molecule has 0 atom stereocenters. The van der Waals surface area contributed by atoms with Crippen molar-refractivity contribution in [3.8, 4) is 0 Å². The SMILES string of the molecule is C=CSc1ccc2ccc(SC=C)cc2c1. The molecule has 0 fully saturated rings. The monoisotopic (exact) mass is 244 g/mol. The summed E-state index contributed by atoms with van der Waals surface area (Å²) in [5, 5.41) is 6.23. The number of fused-ring (bicyclic) bond motifs is 1. The second-order valence-electron chi connectivity index (χ2n) is 3.24.